The molecule has 182 valence electrons. The third-order valence-electron chi connectivity index (χ3n) is 6.58. The highest BCUT2D eigenvalue weighted by Crippen LogP contribution is 2.38. The first-order valence-electron chi connectivity index (χ1n) is 12.0. The highest BCUT2D eigenvalue weighted by atomic mass is 16.5. The molecular formula is C30H28N2O4. The molecule has 0 bridgehead atoms. The summed E-state index contributed by atoms with van der Waals surface area (Å²) in [4.78, 5) is 29.6. The molecule has 2 heterocycles. The van der Waals surface area contributed by atoms with Crippen molar-refractivity contribution in [3.05, 3.63) is 119 Å². The number of likely N-dealkylation sites (N-methyl/N-ethyl adjacent to an activating group) is 1. The van der Waals surface area contributed by atoms with Gasteiger partial charge < -0.3 is 19.0 Å². The summed E-state index contributed by atoms with van der Waals surface area (Å²) in [6.07, 6.45) is 2.24. The van der Waals surface area contributed by atoms with E-state index < -0.39 is 0 Å². The Bertz CT molecular complexity index is 1360. The van der Waals surface area contributed by atoms with Crippen LogP contribution in [-0.2, 0) is 11.2 Å². The number of anilines is 1. The molecule has 6 heteroatoms. The molecule has 0 aliphatic carbocycles. The number of hydrogen-bond acceptors (Lipinski definition) is 4. The Balaban J connectivity index is 1.43. The summed E-state index contributed by atoms with van der Waals surface area (Å²) in [6, 6.07) is 26.7. The van der Waals surface area contributed by atoms with Crippen molar-refractivity contribution in [2.24, 2.45) is 0 Å². The maximum atomic E-state index is 13.4. The quantitative estimate of drug-likeness (QED) is 0.370. The largest absolute Gasteiger partial charge is 0.484 e. The number of amides is 2. The predicted molar refractivity (Wildman–Crippen MR) is 138 cm³/mol. The Morgan fingerprint density at radius 3 is 2.58 bits per heavy atom. The number of hydrogen-bond donors (Lipinski definition) is 0. The molecule has 1 atom stereocenters. The van der Waals surface area contributed by atoms with Crippen molar-refractivity contribution in [3.63, 3.8) is 0 Å². The fraction of sp³-hybridized carbons (Fsp3) is 0.200. The summed E-state index contributed by atoms with van der Waals surface area (Å²) in [6.45, 7) is 2.53. The number of carbonyl (C=O) groups excluding carboxylic acids is 2. The zero-order valence-electron chi connectivity index (χ0n) is 20.4. The fourth-order valence-corrected chi connectivity index (χ4v) is 4.68. The Hall–Kier alpha value is -4.32. The molecule has 6 nitrogen and oxygen atoms in total. The summed E-state index contributed by atoms with van der Waals surface area (Å²) in [5.74, 6) is 0.610. The van der Waals surface area contributed by atoms with Gasteiger partial charge in [-0.1, -0.05) is 54.1 Å². The van der Waals surface area contributed by atoms with Crippen molar-refractivity contribution >= 4 is 17.5 Å². The first-order chi connectivity index (χ1) is 17.5. The number of rotatable bonds is 6. The molecule has 0 saturated carbocycles. The molecule has 0 saturated heterocycles. The molecule has 5 rings (SSSR count). The van der Waals surface area contributed by atoms with E-state index in [2.05, 4.69) is 6.07 Å². The molecule has 0 spiro atoms. The van der Waals surface area contributed by atoms with Gasteiger partial charge in [0.2, 0.25) is 0 Å². The molecule has 0 fully saturated rings. The summed E-state index contributed by atoms with van der Waals surface area (Å²) < 4.78 is 11.4. The molecule has 4 aromatic rings. The van der Waals surface area contributed by atoms with E-state index in [1.54, 1.807) is 24.1 Å². The predicted octanol–water partition coefficient (Wildman–Crippen LogP) is 5.42. The first-order valence-corrected chi connectivity index (χ1v) is 12.0. The lowest BCUT2D eigenvalue weighted by molar-refractivity contribution is -0.120. The Labute approximate surface area is 210 Å². The summed E-state index contributed by atoms with van der Waals surface area (Å²) in [5, 5.41) is 0. The lowest BCUT2D eigenvalue weighted by Gasteiger charge is -2.37. The molecule has 1 aliphatic heterocycles. The highest BCUT2D eigenvalue weighted by molar-refractivity contribution is 5.94. The van der Waals surface area contributed by atoms with Crippen LogP contribution in [0.3, 0.4) is 0 Å². The van der Waals surface area contributed by atoms with E-state index in [1.807, 2.05) is 78.6 Å². The number of carbonyl (C=O) groups is 2. The molecule has 0 unspecified atom stereocenters. The smallest absolute Gasteiger partial charge is 0.290 e. The van der Waals surface area contributed by atoms with Gasteiger partial charge in [-0.05, 0) is 66.4 Å². The van der Waals surface area contributed by atoms with Crippen LogP contribution in [0.1, 0.15) is 38.9 Å². The number of fused-ring (bicyclic) bond motifs is 1. The van der Waals surface area contributed by atoms with Crippen LogP contribution in [-0.4, -0.2) is 36.9 Å². The average molecular weight is 481 g/mol. The van der Waals surface area contributed by atoms with Crippen LogP contribution in [0, 0.1) is 6.92 Å². The Morgan fingerprint density at radius 2 is 1.83 bits per heavy atom. The van der Waals surface area contributed by atoms with Gasteiger partial charge >= 0.3 is 0 Å². The maximum Gasteiger partial charge on any atom is 0.290 e. The lowest BCUT2D eigenvalue weighted by Crippen LogP contribution is -2.40. The van der Waals surface area contributed by atoms with Crippen molar-refractivity contribution in [3.8, 4) is 5.75 Å². The summed E-state index contributed by atoms with van der Waals surface area (Å²) in [7, 11) is 1.74. The van der Waals surface area contributed by atoms with Crippen LogP contribution < -0.4 is 9.64 Å². The van der Waals surface area contributed by atoms with Gasteiger partial charge in [-0.25, -0.2) is 0 Å². The second-order valence-corrected chi connectivity index (χ2v) is 8.98. The maximum absolute atomic E-state index is 13.4. The molecule has 1 aliphatic rings. The zero-order chi connectivity index (χ0) is 25.1. The fourth-order valence-electron chi connectivity index (χ4n) is 4.68. The van der Waals surface area contributed by atoms with Gasteiger partial charge in [0.15, 0.2) is 12.4 Å². The molecule has 3 aromatic carbocycles. The normalized spacial score (nSPS) is 14.7. The number of aryl methyl sites for hydroxylation is 1. The van der Waals surface area contributed by atoms with Crippen LogP contribution >= 0.6 is 0 Å². The van der Waals surface area contributed by atoms with E-state index in [-0.39, 0.29) is 24.5 Å². The minimum atomic E-state index is -0.294. The lowest BCUT2D eigenvalue weighted by atomic mass is 9.87. The highest BCUT2D eigenvalue weighted by Gasteiger charge is 2.34. The standard InChI is InChI=1S/C30H28N2O4/c1-21-8-6-9-23(18-21)29-26-19-25(36-20-28(33)31(2)24-10-4-3-5-11-24)14-13-22(26)15-16-32(29)30(34)27-12-7-17-35-27/h3-14,17-19,29H,15-16,20H2,1-2H3/t29-/m0/s1. The molecule has 36 heavy (non-hydrogen) atoms. The monoisotopic (exact) mass is 480 g/mol. The Morgan fingerprint density at radius 1 is 1.00 bits per heavy atom. The van der Waals surface area contributed by atoms with E-state index in [1.165, 1.54) is 6.26 Å². The molecule has 1 aromatic heterocycles. The topological polar surface area (TPSA) is 63.0 Å². The van der Waals surface area contributed by atoms with Crippen molar-refractivity contribution in [1.29, 1.82) is 0 Å². The molecule has 0 N–H and O–H groups in total. The van der Waals surface area contributed by atoms with Crippen molar-refractivity contribution in [2.45, 2.75) is 19.4 Å². The van der Waals surface area contributed by atoms with Crippen LogP contribution in [0.5, 0.6) is 5.75 Å². The van der Waals surface area contributed by atoms with Gasteiger partial charge in [-0.15, -0.1) is 0 Å². The second-order valence-electron chi connectivity index (χ2n) is 8.98. The van der Waals surface area contributed by atoms with Crippen molar-refractivity contribution < 1.29 is 18.7 Å². The summed E-state index contributed by atoms with van der Waals surface area (Å²) in [5.41, 5.74) is 5.10. The summed E-state index contributed by atoms with van der Waals surface area (Å²) >= 11 is 0. The van der Waals surface area contributed by atoms with Gasteiger partial charge in [-0.2, -0.15) is 0 Å². The number of nitrogens with zero attached hydrogens (tertiary/aromatic N) is 2. The van der Waals surface area contributed by atoms with E-state index in [9.17, 15) is 9.59 Å². The first kappa shape index (κ1) is 23.4. The average Bonchev–Trinajstić information content (AvgIpc) is 3.46. The van der Waals surface area contributed by atoms with Crippen LogP contribution in [0.25, 0.3) is 0 Å². The van der Waals surface area contributed by atoms with E-state index in [0.29, 0.717) is 18.1 Å². The van der Waals surface area contributed by atoms with Crippen molar-refractivity contribution in [1.82, 2.24) is 4.90 Å². The molecule has 2 amide bonds. The number of para-hydroxylation sites is 1. The number of benzene rings is 3. The third kappa shape index (κ3) is 4.75. The van der Waals surface area contributed by atoms with Crippen LogP contribution in [0.2, 0.25) is 0 Å². The molecular weight excluding hydrogens is 452 g/mol. The third-order valence-corrected chi connectivity index (χ3v) is 6.58. The zero-order valence-corrected chi connectivity index (χ0v) is 20.4. The van der Waals surface area contributed by atoms with Gasteiger partial charge in [0.05, 0.1) is 12.3 Å². The van der Waals surface area contributed by atoms with Crippen molar-refractivity contribution in [2.75, 3.05) is 25.1 Å². The van der Waals surface area contributed by atoms with E-state index >= 15 is 0 Å². The van der Waals surface area contributed by atoms with Crippen LogP contribution in [0.4, 0.5) is 5.69 Å². The minimum absolute atomic E-state index is 0.0890. The van der Waals surface area contributed by atoms with Crippen LogP contribution in [0.15, 0.2) is 95.6 Å². The Kier molecular flexibility index (Phi) is 6.58. The van der Waals surface area contributed by atoms with E-state index in [0.717, 1.165) is 34.4 Å². The van der Waals surface area contributed by atoms with E-state index in [4.69, 9.17) is 9.15 Å². The molecule has 0 radical (unpaired) electrons. The SMILES string of the molecule is Cc1cccc([C@H]2c3cc(OCC(=O)N(C)c4ccccc4)ccc3CCN2C(=O)c2ccco2)c1. The number of furan rings is 1. The van der Waals surface area contributed by atoms with Gasteiger partial charge in [-0.3, -0.25) is 9.59 Å². The minimum Gasteiger partial charge on any atom is -0.484 e. The second kappa shape index (κ2) is 10.1. The van der Waals surface area contributed by atoms with Gasteiger partial charge in [0, 0.05) is 19.3 Å². The number of ether oxygens (including phenoxy) is 1. The van der Waals surface area contributed by atoms with Gasteiger partial charge in [0.1, 0.15) is 5.75 Å². The van der Waals surface area contributed by atoms with Gasteiger partial charge in [0.25, 0.3) is 11.8 Å².